The van der Waals surface area contributed by atoms with Crippen LogP contribution < -0.4 is 0 Å². The molecule has 0 unspecified atom stereocenters. The lowest BCUT2D eigenvalue weighted by Gasteiger charge is -2.08. The van der Waals surface area contributed by atoms with Crippen LogP contribution in [0.4, 0.5) is 0 Å². The molecule has 0 spiro atoms. The molecular weight excluding hydrogens is 344 g/mol. The Balaban J connectivity index is 1.53. The number of imidazole rings is 1. The normalized spacial score (nSPS) is 11.0. The van der Waals surface area contributed by atoms with Crippen molar-refractivity contribution in [3.8, 4) is 22.1 Å². The molecule has 0 N–H and O–H groups in total. The Hall–Kier alpha value is -2.93. The van der Waals surface area contributed by atoms with Crippen molar-refractivity contribution in [2.45, 2.75) is 26.8 Å². The number of aryl methyl sites for hydroxylation is 4. The summed E-state index contributed by atoms with van der Waals surface area (Å²) < 4.78 is 2.09. The first-order valence-corrected chi connectivity index (χ1v) is 9.25. The van der Waals surface area contributed by atoms with Crippen LogP contribution in [-0.2, 0) is 13.0 Å². The Labute approximate surface area is 155 Å². The molecule has 0 atom stereocenters. The highest BCUT2D eigenvalue weighted by molar-refractivity contribution is 7.13. The van der Waals surface area contributed by atoms with E-state index in [1.54, 1.807) is 17.5 Å². The van der Waals surface area contributed by atoms with Crippen molar-refractivity contribution >= 4 is 11.3 Å². The van der Waals surface area contributed by atoms with Crippen LogP contribution in [0.2, 0.25) is 0 Å². The molecule has 4 rings (SSSR count). The van der Waals surface area contributed by atoms with Crippen LogP contribution in [0.1, 0.15) is 17.2 Å². The third-order valence-electron chi connectivity index (χ3n) is 3.97. The second-order valence-electron chi connectivity index (χ2n) is 6.03. The van der Waals surface area contributed by atoms with E-state index < -0.39 is 0 Å². The summed E-state index contributed by atoms with van der Waals surface area (Å²) in [6.07, 6.45) is 8.17. The van der Waals surface area contributed by atoms with E-state index in [2.05, 4.69) is 29.5 Å². The molecule has 0 radical (unpaired) electrons. The van der Waals surface area contributed by atoms with E-state index in [0.717, 1.165) is 52.3 Å². The largest absolute Gasteiger partial charge is 0.330 e. The molecule has 4 heterocycles. The minimum Gasteiger partial charge on any atom is -0.330 e. The predicted octanol–water partition coefficient (Wildman–Crippen LogP) is 3.72. The van der Waals surface area contributed by atoms with Crippen molar-refractivity contribution in [3.63, 3.8) is 0 Å². The molecule has 0 saturated carbocycles. The molecule has 0 saturated heterocycles. The molecule has 130 valence electrons. The maximum atomic E-state index is 4.51. The summed E-state index contributed by atoms with van der Waals surface area (Å²) in [6, 6.07) is 6.00. The molecule has 0 bridgehead atoms. The van der Waals surface area contributed by atoms with E-state index in [9.17, 15) is 0 Å². The van der Waals surface area contributed by atoms with Gasteiger partial charge in [-0.3, -0.25) is 0 Å². The minimum atomic E-state index is 0.741. The van der Waals surface area contributed by atoms with Gasteiger partial charge in [-0.05, 0) is 31.4 Å². The zero-order valence-corrected chi connectivity index (χ0v) is 15.4. The summed E-state index contributed by atoms with van der Waals surface area (Å²) in [6.45, 7) is 4.74. The number of rotatable bonds is 5. The van der Waals surface area contributed by atoms with Gasteiger partial charge >= 0.3 is 0 Å². The fourth-order valence-corrected chi connectivity index (χ4v) is 3.53. The first kappa shape index (κ1) is 16.5. The Morgan fingerprint density at radius 3 is 2.50 bits per heavy atom. The van der Waals surface area contributed by atoms with Gasteiger partial charge in [-0.15, -0.1) is 11.3 Å². The van der Waals surface area contributed by atoms with E-state index >= 15 is 0 Å². The third kappa shape index (κ3) is 3.52. The van der Waals surface area contributed by atoms with Gasteiger partial charge in [-0.25, -0.2) is 24.9 Å². The van der Waals surface area contributed by atoms with Crippen molar-refractivity contribution in [2.75, 3.05) is 0 Å². The maximum Gasteiger partial charge on any atom is 0.169 e. The van der Waals surface area contributed by atoms with Crippen LogP contribution in [-0.4, -0.2) is 29.5 Å². The molecule has 0 amide bonds. The summed E-state index contributed by atoms with van der Waals surface area (Å²) in [4.78, 5) is 23.5. The van der Waals surface area contributed by atoms with Crippen molar-refractivity contribution < 1.29 is 0 Å². The van der Waals surface area contributed by atoms with Gasteiger partial charge in [0.05, 0.1) is 10.4 Å². The topological polar surface area (TPSA) is 69.4 Å². The monoisotopic (exact) mass is 362 g/mol. The lowest BCUT2D eigenvalue weighted by Crippen LogP contribution is -2.07. The SMILES string of the molecule is Cc1cc(C)nc(CCn2ccnc2-c2cnc(-c3cccs3)nc2)n1. The van der Waals surface area contributed by atoms with Gasteiger partial charge in [0.15, 0.2) is 5.82 Å². The second kappa shape index (κ2) is 7.13. The Morgan fingerprint density at radius 1 is 1.04 bits per heavy atom. The van der Waals surface area contributed by atoms with Gasteiger partial charge < -0.3 is 4.57 Å². The summed E-state index contributed by atoms with van der Waals surface area (Å²) in [7, 11) is 0. The Kier molecular flexibility index (Phi) is 4.53. The summed E-state index contributed by atoms with van der Waals surface area (Å²) >= 11 is 1.63. The smallest absolute Gasteiger partial charge is 0.169 e. The zero-order chi connectivity index (χ0) is 17.9. The average molecular weight is 362 g/mol. The van der Waals surface area contributed by atoms with Crippen LogP contribution in [0, 0.1) is 13.8 Å². The van der Waals surface area contributed by atoms with Crippen molar-refractivity contribution in [3.05, 3.63) is 65.6 Å². The van der Waals surface area contributed by atoms with E-state index in [1.165, 1.54) is 0 Å². The van der Waals surface area contributed by atoms with Gasteiger partial charge in [0.1, 0.15) is 11.6 Å². The fraction of sp³-hybridized carbons (Fsp3) is 0.211. The minimum absolute atomic E-state index is 0.741. The number of aromatic nitrogens is 6. The van der Waals surface area contributed by atoms with E-state index in [-0.39, 0.29) is 0 Å². The molecule has 0 aliphatic carbocycles. The summed E-state index contributed by atoms with van der Waals surface area (Å²) in [5.74, 6) is 2.45. The van der Waals surface area contributed by atoms with Crippen molar-refractivity contribution in [2.24, 2.45) is 0 Å². The molecule has 4 aromatic rings. The first-order valence-electron chi connectivity index (χ1n) is 8.37. The van der Waals surface area contributed by atoms with Crippen LogP contribution in [0.5, 0.6) is 0 Å². The quantitative estimate of drug-likeness (QED) is 0.541. The molecule has 0 aliphatic heterocycles. The van der Waals surface area contributed by atoms with Gasteiger partial charge in [0.25, 0.3) is 0 Å². The van der Waals surface area contributed by atoms with Crippen LogP contribution in [0.15, 0.2) is 48.4 Å². The van der Waals surface area contributed by atoms with Crippen LogP contribution in [0.3, 0.4) is 0 Å². The molecular formula is C19H18N6S. The van der Waals surface area contributed by atoms with Crippen molar-refractivity contribution in [1.82, 2.24) is 29.5 Å². The fourth-order valence-electron chi connectivity index (χ4n) is 2.86. The Morgan fingerprint density at radius 2 is 1.81 bits per heavy atom. The molecule has 0 aliphatic rings. The van der Waals surface area contributed by atoms with Gasteiger partial charge in [0.2, 0.25) is 0 Å². The maximum absolute atomic E-state index is 4.51. The molecule has 0 fully saturated rings. The Bertz CT molecular complexity index is 985. The molecule has 4 aromatic heterocycles. The first-order chi connectivity index (χ1) is 12.7. The highest BCUT2D eigenvalue weighted by Gasteiger charge is 2.10. The van der Waals surface area contributed by atoms with Gasteiger partial charge in [-0.1, -0.05) is 6.07 Å². The lowest BCUT2D eigenvalue weighted by molar-refractivity contribution is 0.672. The predicted molar refractivity (Wildman–Crippen MR) is 102 cm³/mol. The number of nitrogens with zero attached hydrogens (tertiary/aromatic N) is 6. The highest BCUT2D eigenvalue weighted by Crippen LogP contribution is 2.22. The summed E-state index contributed by atoms with van der Waals surface area (Å²) in [5.41, 5.74) is 2.89. The number of hydrogen-bond donors (Lipinski definition) is 0. The third-order valence-corrected chi connectivity index (χ3v) is 4.84. The van der Waals surface area contributed by atoms with Crippen LogP contribution in [0.25, 0.3) is 22.1 Å². The average Bonchev–Trinajstić information content (AvgIpc) is 3.31. The summed E-state index contributed by atoms with van der Waals surface area (Å²) in [5, 5.41) is 2.02. The molecule has 7 heteroatoms. The van der Waals surface area contributed by atoms with E-state index in [1.807, 2.05) is 56.0 Å². The highest BCUT2D eigenvalue weighted by atomic mass is 32.1. The van der Waals surface area contributed by atoms with E-state index in [4.69, 9.17) is 0 Å². The molecule has 6 nitrogen and oxygen atoms in total. The standard InChI is InChI=1S/C19H18N6S/c1-13-10-14(2)24-17(23-13)5-7-25-8-6-20-19(25)15-11-21-18(22-12-15)16-4-3-9-26-16/h3-4,6,8-12H,5,7H2,1-2H3. The molecule has 0 aromatic carbocycles. The van der Waals surface area contributed by atoms with Gasteiger partial charge in [0, 0.05) is 49.1 Å². The van der Waals surface area contributed by atoms with Crippen molar-refractivity contribution in [1.29, 1.82) is 0 Å². The van der Waals surface area contributed by atoms with E-state index in [0.29, 0.717) is 0 Å². The van der Waals surface area contributed by atoms with Gasteiger partial charge in [-0.2, -0.15) is 0 Å². The zero-order valence-electron chi connectivity index (χ0n) is 14.6. The molecule has 26 heavy (non-hydrogen) atoms. The lowest BCUT2D eigenvalue weighted by atomic mass is 10.3. The van der Waals surface area contributed by atoms with Crippen LogP contribution >= 0.6 is 11.3 Å². The number of thiophene rings is 1. The number of hydrogen-bond acceptors (Lipinski definition) is 6. The second-order valence-corrected chi connectivity index (χ2v) is 6.98.